The number of rotatable bonds is 24. The Morgan fingerprint density at radius 1 is 0.475 bits per heavy atom. The van der Waals surface area contributed by atoms with Crippen LogP contribution in [0.2, 0.25) is 0 Å². The van der Waals surface area contributed by atoms with E-state index < -0.39 is 10.8 Å². The molecule has 0 aliphatic heterocycles. The first kappa shape index (κ1) is 34.4. The lowest BCUT2D eigenvalue weighted by atomic mass is 10.0. The predicted molar refractivity (Wildman–Crippen MR) is 172 cm³/mol. The second-order valence-corrected chi connectivity index (χ2v) is 13.7. The molecule has 0 radical (unpaired) electrons. The Hall–Kier alpha value is -1.81. The third kappa shape index (κ3) is 16.5. The van der Waals surface area contributed by atoms with Gasteiger partial charge in [0.05, 0.1) is 24.0 Å². The zero-order valence-corrected chi connectivity index (χ0v) is 27.0. The SMILES string of the molecule is CC(C)CCCCCCCCCOc1ccc(S(=O)c2ccc(OCCCCCCCCCC(C)C)cc2)cc1. The van der Waals surface area contributed by atoms with Crippen LogP contribution in [0.4, 0.5) is 0 Å². The molecule has 0 aliphatic carbocycles. The average molecular weight is 571 g/mol. The van der Waals surface area contributed by atoms with Crippen LogP contribution in [0.3, 0.4) is 0 Å². The van der Waals surface area contributed by atoms with E-state index in [-0.39, 0.29) is 0 Å². The van der Waals surface area contributed by atoms with E-state index in [2.05, 4.69) is 27.7 Å². The molecule has 0 saturated heterocycles. The van der Waals surface area contributed by atoms with Crippen LogP contribution in [0.1, 0.15) is 130 Å². The zero-order valence-electron chi connectivity index (χ0n) is 26.1. The van der Waals surface area contributed by atoms with Gasteiger partial charge >= 0.3 is 0 Å². The number of hydrogen-bond donors (Lipinski definition) is 0. The van der Waals surface area contributed by atoms with E-state index >= 15 is 0 Å². The first-order valence-corrected chi connectivity index (χ1v) is 17.5. The first-order chi connectivity index (χ1) is 19.5. The topological polar surface area (TPSA) is 35.5 Å². The minimum atomic E-state index is -1.21. The van der Waals surface area contributed by atoms with Gasteiger partial charge in [-0.3, -0.25) is 0 Å². The van der Waals surface area contributed by atoms with Gasteiger partial charge in [-0.2, -0.15) is 0 Å². The van der Waals surface area contributed by atoms with Crippen LogP contribution >= 0.6 is 0 Å². The average Bonchev–Trinajstić information content (AvgIpc) is 2.95. The molecule has 0 bridgehead atoms. The lowest BCUT2D eigenvalue weighted by molar-refractivity contribution is 0.304. The van der Waals surface area contributed by atoms with E-state index in [9.17, 15) is 4.21 Å². The molecule has 2 aromatic rings. The lowest BCUT2D eigenvalue weighted by Crippen LogP contribution is -1.99. The van der Waals surface area contributed by atoms with Crippen molar-refractivity contribution in [2.75, 3.05) is 13.2 Å². The molecule has 2 aromatic carbocycles. The third-order valence-corrected chi connectivity index (χ3v) is 8.87. The summed E-state index contributed by atoms with van der Waals surface area (Å²) in [6, 6.07) is 15.4. The van der Waals surface area contributed by atoms with E-state index in [1.54, 1.807) is 0 Å². The van der Waals surface area contributed by atoms with Gasteiger partial charge in [-0.1, -0.05) is 118 Å². The second-order valence-electron chi connectivity index (χ2n) is 12.2. The van der Waals surface area contributed by atoms with Gasteiger partial charge in [-0.15, -0.1) is 0 Å². The smallest absolute Gasteiger partial charge is 0.119 e. The van der Waals surface area contributed by atoms with Crippen molar-refractivity contribution in [3.8, 4) is 11.5 Å². The van der Waals surface area contributed by atoms with Crippen molar-refractivity contribution in [1.29, 1.82) is 0 Å². The third-order valence-electron chi connectivity index (χ3n) is 7.46. The van der Waals surface area contributed by atoms with E-state index in [4.69, 9.17) is 9.47 Å². The van der Waals surface area contributed by atoms with Crippen LogP contribution in [0, 0.1) is 11.8 Å². The summed E-state index contributed by atoms with van der Waals surface area (Å²) in [4.78, 5) is 1.59. The molecular formula is C36H58O3S. The van der Waals surface area contributed by atoms with Gasteiger partial charge in [-0.25, -0.2) is 4.21 Å². The standard InChI is InChI=1S/C36H58O3S/c1-31(2)19-15-11-7-5-9-13-17-29-38-33-21-25-35(26-22-33)40(37)36-27-23-34(24-28-36)39-30-18-14-10-6-8-12-16-20-32(3)4/h21-28,31-32H,5-20,29-30H2,1-4H3. The molecule has 0 spiro atoms. The maximum absolute atomic E-state index is 13.0. The minimum absolute atomic E-state index is 0.746. The van der Waals surface area contributed by atoms with Crippen molar-refractivity contribution < 1.29 is 13.7 Å². The van der Waals surface area contributed by atoms with Crippen molar-refractivity contribution in [1.82, 2.24) is 0 Å². The molecule has 0 amide bonds. The van der Waals surface area contributed by atoms with Gasteiger partial charge in [-0.05, 0) is 73.2 Å². The number of unbranched alkanes of at least 4 members (excludes halogenated alkanes) is 12. The van der Waals surface area contributed by atoms with Gasteiger partial charge in [0.1, 0.15) is 11.5 Å². The van der Waals surface area contributed by atoms with Crippen molar-refractivity contribution in [2.24, 2.45) is 11.8 Å². The molecule has 0 aliphatic rings. The molecule has 4 heteroatoms. The van der Waals surface area contributed by atoms with Crippen LogP contribution in [0.15, 0.2) is 58.3 Å². The van der Waals surface area contributed by atoms with Crippen LogP contribution in [0.5, 0.6) is 11.5 Å². The summed E-state index contributed by atoms with van der Waals surface area (Å²) in [5, 5.41) is 0. The summed E-state index contributed by atoms with van der Waals surface area (Å²) in [5.74, 6) is 3.37. The van der Waals surface area contributed by atoms with Crippen LogP contribution in [0.25, 0.3) is 0 Å². The predicted octanol–water partition coefficient (Wildman–Crippen LogP) is 11.2. The van der Waals surface area contributed by atoms with Crippen molar-refractivity contribution >= 4 is 10.8 Å². The molecular weight excluding hydrogens is 512 g/mol. The van der Waals surface area contributed by atoms with Gasteiger partial charge in [0.2, 0.25) is 0 Å². The number of hydrogen-bond acceptors (Lipinski definition) is 3. The molecule has 0 heterocycles. The van der Waals surface area contributed by atoms with Crippen molar-refractivity contribution in [3.05, 3.63) is 48.5 Å². The summed E-state index contributed by atoms with van der Waals surface area (Å²) < 4.78 is 24.8. The highest BCUT2D eigenvalue weighted by Gasteiger charge is 2.08. The lowest BCUT2D eigenvalue weighted by Gasteiger charge is -2.09. The van der Waals surface area contributed by atoms with Gasteiger partial charge in [0.15, 0.2) is 0 Å². The number of benzene rings is 2. The first-order valence-electron chi connectivity index (χ1n) is 16.3. The molecule has 40 heavy (non-hydrogen) atoms. The monoisotopic (exact) mass is 570 g/mol. The Bertz CT molecular complexity index is 816. The number of ether oxygens (including phenoxy) is 2. The quantitative estimate of drug-likeness (QED) is 0.118. The summed E-state index contributed by atoms with van der Waals surface area (Å²) in [5.41, 5.74) is 0. The summed E-state index contributed by atoms with van der Waals surface area (Å²) in [6.07, 6.45) is 20.9. The normalized spacial score (nSPS) is 11.6. The fourth-order valence-corrected chi connectivity index (χ4v) is 5.95. The molecule has 0 aromatic heterocycles. The maximum Gasteiger partial charge on any atom is 0.119 e. The van der Waals surface area contributed by atoms with Crippen molar-refractivity contribution in [2.45, 2.75) is 140 Å². The molecule has 0 fully saturated rings. The molecule has 226 valence electrons. The fourth-order valence-electron chi connectivity index (χ4n) is 4.91. The largest absolute Gasteiger partial charge is 0.494 e. The fraction of sp³-hybridized carbons (Fsp3) is 0.667. The Labute approximate surface area is 249 Å². The molecule has 2 rings (SSSR count). The molecule has 0 atom stereocenters. The summed E-state index contributed by atoms with van der Waals surface area (Å²) in [6.45, 7) is 10.7. The van der Waals surface area contributed by atoms with Crippen LogP contribution in [-0.4, -0.2) is 17.4 Å². The van der Waals surface area contributed by atoms with Gasteiger partial charge in [0.25, 0.3) is 0 Å². The van der Waals surface area contributed by atoms with Crippen LogP contribution in [-0.2, 0) is 10.8 Å². The molecule has 0 unspecified atom stereocenters. The molecule has 3 nitrogen and oxygen atoms in total. The highest BCUT2D eigenvalue weighted by atomic mass is 32.2. The molecule has 0 N–H and O–H groups in total. The highest BCUT2D eigenvalue weighted by molar-refractivity contribution is 7.85. The van der Waals surface area contributed by atoms with Crippen LogP contribution < -0.4 is 9.47 Å². The van der Waals surface area contributed by atoms with E-state index in [1.165, 1.54) is 89.9 Å². The van der Waals surface area contributed by atoms with Gasteiger partial charge in [0, 0.05) is 9.79 Å². The Morgan fingerprint density at radius 3 is 1.10 bits per heavy atom. The Morgan fingerprint density at radius 2 is 0.775 bits per heavy atom. The van der Waals surface area contributed by atoms with Gasteiger partial charge < -0.3 is 9.47 Å². The summed E-state index contributed by atoms with van der Waals surface area (Å²) >= 11 is 0. The zero-order chi connectivity index (χ0) is 28.8. The Kier molecular flexibility index (Phi) is 18.8. The van der Waals surface area contributed by atoms with E-state index in [1.807, 2.05) is 48.5 Å². The van der Waals surface area contributed by atoms with E-state index in [0.717, 1.165) is 59.2 Å². The molecule has 0 saturated carbocycles. The van der Waals surface area contributed by atoms with Crippen molar-refractivity contribution in [3.63, 3.8) is 0 Å². The Balaban J connectivity index is 1.55. The maximum atomic E-state index is 13.0. The second kappa shape index (κ2) is 21.9. The highest BCUT2D eigenvalue weighted by Crippen LogP contribution is 2.22. The summed E-state index contributed by atoms with van der Waals surface area (Å²) in [7, 11) is -1.21. The van der Waals surface area contributed by atoms with E-state index in [0.29, 0.717) is 0 Å². The minimum Gasteiger partial charge on any atom is -0.494 e.